The first-order chi connectivity index (χ1) is 13.5. The molecule has 28 heavy (non-hydrogen) atoms. The lowest BCUT2D eigenvalue weighted by Gasteiger charge is -2.45. The molecule has 0 bridgehead atoms. The number of amidine groups is 1. The summed E-state index contributed by atoms with van der Waals surface area (Å²) in [5.74, 6) is -0.247. The summed E-state index contributed by atoms with van der Waals surface area (Å²) >= 11 is 1.42. The summed E-state index contributed by atoms with van der Waals surface area (Å²) < 4.78 is 39.9. The second-order valence-corrected chi connectivity index (χ2v) is 7.98. The largest absolute Gasteiger partial charge is 0.438 e. The second kappa shape index (κ2) is 6.52. The molecule has 2 aliphatic heterocycles. The van der Waals surface area contributed by atoms with Gasteiger partial charge in [-0.1, -0.05) is 17.8 Å². The Hall–Kier alpha value is -2.52. The van der Waals surface area contributed by atoms with Crippen molar-refractivity contribution < 1.29 is 17.9 Å². The number of aliphatic imine (C=N–C) groups is 1. The highest BCUT2D eigenvalue weighted by molar-refractivity contribution is 8.13. The minimum Gasteiger partial charge on any atom is -0.438 e. The molecule has 144 valence electrons. The molecule has 4 heterocycles. The number of halogens is 2. The highest BCUT2D eigenvalue weighted by Crippen LogP contribution is 2.49. The lowest BCUT2D eigenvalue weighted by molar-refractivity contribution is -0.0691. The van der Waals surface area contributed by atoms with Crippen molar-refractivity contribution in [3.63, 3.8) is 0 Å². The molecular weight excluding hydrogens is 386 g/mol. The van der Waals surface area contributed by atoms with Crippen molar-refractivity contribution >= 4 is 28.0 Å². The topological polar surface area (TPSA) is 86.5 Å². The van der Waals surface area contributed by atoms with E-state index in [1.165, 1.54) is 23.9 Å². The van der Waals surface area contributed by atoms with Crippen LogP contribution in [0.25, 0.3) is 11.1 Å². The number of nitrogens with zero attached hydrogens (tertiary/aromatic N) is 3. The van der Waals surface area contributed by atoms with E-state index in [1.54, 1.807) is 18.5 Å². The smallest absolute Gasteiger partial charge is 0.224 e. The number of nitrogens with two attached hydrogens (primary N) is 1. The fourth-order valence-electron chi connectivity index (χ4n) is 3.92. The number of hydrogen-bond acceptors (Lipinski definition) is 7. The molecule has 2 N–H and O–H groups in total. The van der Waals surface area contributed by atoms with Crippen molar-refractivity contribution in [2.45, 2.75) is 18.1 Å². The SMILES string of the molecule is NC1=N[C@@]2(c3ccc(F)cc3F)CO[C@@H](c3nc4cnccc4o3)C[C@H]2CS1. The summed E-state index contributed by atoms with van der Waals surface area (Å²) in [6, 6.07) is 5.28. The highest BCUT2D eigenvalue weighted by Gasteiger charge is 2.50. The highest BCUT2D eigenvalue weighted by atomic mass is 32.2. The van der Waals surface area contributed by atoms with E-state index in [0.29, 0.717) is 39.9 Å². The lowest BCUT2D eigenvalue weighted by atomic mass is 9.75. The van der Waals surface area contributed by atoms with Gasteiger partial charge < -0.3 is 14.9 Å². The molecule has 3 aromatic rings. The van der Waals surface area contributed by atoms with Crippen molar-refractivity contribution in [1.82, 2.24) is 9.97 Å². The first-order valence-corrected chi connectivity index (χ1v) is 9.79. The zero-order valence-electron chi connectivity index (χ0n) is 14.6. The van der Waals surface area contributed by atoms with Crippen LogP contribution < -0.4 is 5.73 Å². The van der Waals surface area contributed by atoms with Gasteiger partial charge in [-0.25, -0.2) is 18.8 Å². The van der Waals surface area contributed by atoms with Crippen molar-refractivity contribution in [1.29, 1.82) is 0 Å². The van der Waals surface area contributed by atoms with Gasteiger partial charge in [0, 0.05) is 35.6 Å². The first-order valence-electron chi connectivity index (χ1n) is 8.81. The number of thioether (sulfide) groups is 1. The Morgan fingerprint density at radius 2 is 2.14 bits per heavy atom. The van der Waals surface area contributed by atoms with E-state index in [2.05, 4.69) is 15.0 Å². The van der Waals surface area contributed by atoms with Crippen LogP contribution in [-0.2, 0) is 10.3 Å². The Morgan fingerprint density at radius 1 is 1.25 bits per heavy atom. The summed E-state index contributed by atoms with van der Waals surface area (Å²) in [5, 5.41) is 0.370. The average molecular weight is 402 g/mol. The molecule has 0 amide bonds. The van der Waals surface area contributed by atoms with Crippen LogP contribution in [0.3, 0.4) is 0 Å². The minimum absolute atomic E-state index is 0.0725. The summed E-state index contributed by atoms with van der Waals surface area (Å²) in [7, 11) is 0. The van der Waals surface area contributed by atoms with Crippen LogP contribution in [0.1, 0.15) is 24.0 Å². The molecule has 0 spiro atoms. The van der Waals surface area contributed by atoms with E-state index in [4.69, 9.17) is 14.9 Å². The number of benzene rings is 1. The number of ether oxygens (including phenoxy) is 1. The third-order valence-corrected chi connectivity index (χ3v) is 6.26. The molecule has 1 saturated heterocycles. The summed E-state index contributed by atoms with van der Waals surface area (Å²) in [5.41, 5.74) is 6.56. The van der Waals surface area contributed by atoms with Gasteiger partial charge in [-0.2, -0.15) is 0 Å². The Bertz CT molecular complexity index is 1060. The van der Waals surface area contributed by atoms with Crippen LogP contribution in [0.2, 0.25) is 0 Å². The van der Waals surface area contributed by atoms with Crippen LogP contribution in [0, 0.1) is 17.6 Å². The molecule has 6 nitrogen and oxygen atoms in total. The molecule has 0 aliphatic carbocycles. The van der Waals surface area contributed by atoms with E-state index >= 15 is 0 Å². The molecule has 2 aliphatic rings. The molecule has 5 rings (SSSR count). The molecule has 1 fully saturated rings. The monoisotopic (exact) mass is 402 g/mol. The molecule has 3 atom stereocenters. The van der Waals surface area contributed by atoms with Gasteiger partial charge in [0.1, 0.15) is 28.8 Å². The minimum atomic E-state index is -0.989. The van der Waals surface area contributed by atoms with Gasteiger partial charge in [0.15, 0.2) is 10.8 Å². The molecule has 1 aromatic carbocycles. The maximum atomic E-state index is 14.6. The Kier molecular flexibility index (Phi) is 4.09. The third kappa shape index (κ3) is 2.77. The number of fused-ring (bicyclic) bond motifs is 2. The predicted molar refractivity (Wildman–Crippen MR) is 101 cm³/mol. The fourth-order valence-corrected chi connectivity index (χ4v) is 4.93. The van der Waals surface area contributed by atoms with E-state index in [9.17, 15) is 8.78 Å². The molecule has 9 heteroatoms. The van der Waals surface area contributed by atoms with Crippen LogP contribution in [-0.4, -0.2) is 27.5 Å². The molecular formula is C19H16F2N4O2S. The van der Waals surface area contributed by atoms with Gasteiger partial charge in [-0.15, -0.1) is 0 Å². The fraction of sp³-hybridized carbons (Fsp3) is 0.316. The normalized spacial score (nSPS) is 27.4. The number of oxazole rings is 1. The molecule has 0 saturated carbocycles. The van der Waals surface area contributed by atoms with Gasteiger partial charge in [0.25, 0.3) is 0 Å². The number of rotatable bonds is 2. The molecule has 0 radical (unpaired) electrons. The molecule has 2 aromatic heterocycles. The number of aromatic nitrogens is 2. The Morgan fingerprint density at radius 3 is 2.96 bits per heavy atom. The van der Waals surface area contributed by atoms with Gasteiger partial charge >= 0.3 is 0 Å². The van der Waals surface area contributed by atoms with Crippen molar-refractivity contribution in [3.05, 3.63) is 59.7 Å². The zero-order chi connectivity index (χ0) is 19.3. The second-order valence-electron chi connectivity index (χ2n) is 6.94. The quantitative estimate of drug-likeness (QED) is 0.706. The summed E-state index contributed by atoms with van der Waals surface area (Å²) in [6.07, 6.45) is 3.41. The van der Waals surface area contributed by atoms with E-state index in [-0.39, 0.29) is 18.6 Å². The van der Waals surface area contributed by atoms with Crippen LogP contribution in [0.5, 0.6) is 0 Å². The Balaban J connectivity index is 1.52. The van der Waals surface area contributed by atoms with Crippen molar-refractivity contribution in [2.24, 2.45) is 16.6 Å². The van der Waals surface area contributed by atoms with Crippen molar-refractivity contribution in [3.8, 4) is 0 Å². The maximum Gasteiger partial charge on any atom is 0.224 e. The van der Waals surface area contributed by atoms with E-state index in [0.717, 1.165) is 6.07 Å². The Labute approximate surface area is 163 Å². The van der Waals surface area contributed by atoms with Gasteiger partial charge in [0.05, 0.1) is 12.8 Å². The maximum absolute atomic E-state index is 14.6. The van der Waals surface area contributed by atoms with E-state index < -0.39 is 17.2 Å². The summed E-state index contributed by atoms with van der Waals surface area (Å²) in [4.78, 5) is 13.1. The average Bonchev–Trinajstić information content (AvgIpc) is 3.11. The van der Waals surface area contributed by atoms with E-state index in [1.807, 2.05) is 0 Å². The van der Waals surface area contributed by atoms with Crippen LogP contribution in [0.4, 0.5) is 8.78 Å². The van der Waals surface area contributed by atoms with Gasteiger partial charge in [-0.05, 0) is 12.5 Å². The van der Waals surface area contributed by atoms with Gasteiger partial charge in [0.2, 0.25) is 5.89 Å². The predicted octanol–water partition coefficient (Wildman–Crippen LogP) is 3.54. The van der Waals surface area contributed by atoms with Gasteiger partial charge in [-0.3, -0.25) is 4.98 Å². The molecule has 0 unspecified atom stereocenters. The van der Waals surface area contributed by atoms with Crippen LogP contribution >= 0.6 is 11.8 Å². The van der Waals surface area contributed by atoms with Crippen molar-refractivity contribution in [2.75, 3.05) is 12.4 Å². The number of pyridine rings is 1. The number of hydrogen-bond donors (Lipinski definition) is 1. The zero-order valence-corrected chi connectivity index (χ0v) is 15.5. The third-order valence-electron chi connectivity index (χ3n) is 5.30. The lowest BCUT2D eigenvalue weighted by Crippen LogP contribution is -2.48. The van der Waals surface area contributed by atoms with Crippen LogP contribution in [0.15, 0.2) is 46.1 Å². The first kappa shape index (κ1) is 17.6. The standard InChI is InChI=1S/C19H16F2N4O2S/c20-11-1-2-12(13(21)6-11)19-9-26-16(5-10(19)8-28-18(22)25-19)17-24-14-7-23-4-3-15(14)27-17/h1-4,6-7,10,16H,5,8-9H2,(H2,22,25)/t10-,16+,19-/m0/s1. The summed E-state index contributed by atoms with van der Waals surface area (Å²) in [6.45, 7) is 0.100.